The summed E-state index contributed by atoms with van der Waals surface area (Å²) in [4.78, 5) is 0. The molecule has 0 aliphatic carbocycles. The highest BCUT2D eigenvalue weighted by Gasteiger charge is 2.09. The van der Waals surface area contributed by atoms with E-state index in [2.05, 4.69) is 66.3 Å². The van der Waals surface area contributed by atoms with E-state index in [4.69, 9.17) is 0 Å². The number of unbranched alkanes of at least 4 members (excludes halogenated alkanes) is 3. The first kappa shape index (κ1) is 15.7. The van der Waals surface area contributed by atoms with Crippen molar-refractivity contribution in [3.8, 4) is 0 Å². The summed E-state index contributed by atoms with van der Waals surface area (Å²) in [5, 5.41) is 3.68. The average molecular weight is 312 g/mol. The van der Waals surface area contributed by atoms with Crippen molar-refractivity contribution in [2.75, 3.05) is 0 Å². The van der Waals surface area contributed by atoms with Gasteiger partial charge in [-0.25, -0.2) is 0 Å². The Morgan fingerprint density at radius 3 is 2.61 bits per heavy atom. The SMILES string of the molecule is CCCCCCC(C)N[C@H](C)c1cccc(Br)c1. The minimum Gasteiger partial charge on any atom is -0.308 e. The lowest BCUT2D eigenvalue weighted by Gasteiger charge is -2.20. The van der Waals surface area contributed by atoms with Crippen LogP contribution in [-0.4, -0.2) is 6.04 Å². The van der Waals surface area contributed by atoms with E-state index >= 15 is 0 Å². The standard InChI is InChI=1S/C16H26BrN/c1-4-5-6-7-9-13(2)18-14(3)15-10-8-11-16(17)12-15/h8,10-14,18H,4-7,9H2,1-3H3/t13?,14-/m1/s1. The molecule has 2 heteroatoms. The zero-order valence-corrected chi connectivity index (χ0v) is 13.5. The van der Waals surface area contributed by atoms with Crippen LogP contribution in [0.4, 0.5) is 0 Å². The summed E-state index contributed by atoms with van der Waals surface area (Å²) in [5.41, 5.74) is 1.35. The van der Waals surface area contributed by atoms with Gasteiger partial charge < -0.3 is 5.32 Å². The molecule has 18 heavy (non-hydrogen) atoms. The maximum atomic E-state index is 3.68. The second-order valence-corrected chi connectivity index (χ2v) is 6.11. The smallest absolute Gasteiger partial charge is 0.0294 e. The molecule has 0 fully saturated rings. The predicted molar refractivity (Wildman–Crippen MR) is 83.9 cm³/mol. The van der Waals surface area contributed by atoms with Crippen LogP contribution in [0, 0.1) is 0 Å². The van der Waals surface area contributed by atoms with Crippen LogP contribution in [-0.2, 0) is 0 Å². The Bertz CT molecular complexity index is 338. The molecule has 1 nitrogen and oxygen atoms in total. The molecule has 1 rings (SSSR count). The number of halogens is 1. The van der Waals surface area contributed by atoms with Crippen LogP contribution in [0.25, 0.3) is 0 Å². The van der Waals surface area contributed by atoms with E-state index in [0.29, 0.717) is 12.1 Å². The summed E-state index contributed by atoms with van der Waals surface area (Å²) in [6.45, 7) is 6.79. The van der Waals surface area contributed by atoms with E-state index in [1.165, 1.54) is 37.7 Å². The number of nitrogens with one attached hydrogen (secondary N) is 1. The molecule has 0 bridgehead atoms. The lowest BCUT2D eigenvalue weighted by Crippen LogP contribution is -2.28. The minimum atomic E-state index is 0.420. The molecule has 0 radical (unpaired) electrons. The van der Waals surface area contributed by atoms with Crippen molar-refractivity contribution >= 4 is 15.9 Å². The number of rotatable bonds is 8. The van der Waals surface area contributed by atoms with Gasteiger partial charge in [0.15, 0.2) is 0 Å². The summed E-state index contributed by atoms with van der Waals surface area (Å²) < 4.78 is 1.16. The first-order chi connectivity index (χ1) is 8.63. The Kier molecular flexibility index (Phi) is 7.60. The van der Waals surface area contributed by atoms with Gasteiger partial charge in [-0.05, 0) is 38.0 Å². The van der Waals surface area contributed by atoms with Crippen molar-refractivity contribution < 1.29 is 0 Å². The van der Waals surface area contributed by atoms with Crippen LogP contribution in [0.3, 0.4) is 0 Å². The fourth-order valence-electron chi connectivity index (χ4n) is 2.26. The van der Waals surface area contributed by atoms with E-state index in [0.717, 1.165) is 4.47 Å². The summed E-state index contributed by atoms with van der Waals surface area (Å²) in [6.07, 6.45) is 6.67. The van der Waals surface area contributed by atoms with Crippen LogP contribution in [0.5, 0.6) is 0 Å². The molecule has 1 aromatic rings. The van der Waals surface area contributed by atoms with Gasteiger partial charge in [0, 0.05) is 16.6 Å². The fourth-order valence-corrected chi connectivity index (χ4v) is 2.68. The van der Waals surface area contributed by atoms with Gasteiger partial charge in [0.05, 0.1) is 0 Å². The van der Waals surface area contributed by atoms with Gasteiger partial charge in [0.1, 0.15) is 0 Å². The van der Waals surface area contributed by atoms with Crippen LogP contribution >= 0.6 is 15.9 Å². The molecule has 0 saturated heterocycles. The van der Waals surface area contributed by atoms with Gasteiger partial charge in [0.25, 0.3) is 0 Å². The molecule has 0 aromatic heterocycles. The van der Waals surface area contributed by atoms with Gasteiger partial charge >= 0.3 is 0 Å². The fraction of sp³-hybridized carbons (Fsp3) is 0.625. The molecule has 1 aromatic carbocycles. The summed E-state index contributed by atoms with van der Waals surface area (Å²) in [6, 6.07) is 9.57. The maximum absolute atomic E-state index is 3.68. The number of hydrogen-bond acceptors (Lipinski definition) is 1. The molecule has 0 aliphatic heterocycles. The molecule has 0 heterocycles. The highest BCUT2D eigenvalue weighted by atomic mass is 79.9. The molecule has 0 amide bonds. The van der Waals surface area contributed by atoms with E-state index in [-0.39, 0.29) is 0 Å². The van der Waals surface area contributed by atoms with Crippen molar-refractivity contribution in [3.63, 3.8) is 0 Å². The molecular weight excluding hydrogens is 286 g/mol. The number of benzene rings is 1. The van der Waals surface area contributed by atoms with Crippen molar-refractivity contribution in [3.05, 3.63) is 34.3 Å². The molecule has 0 saturated carbocycles. The lowest BCUT2D eigenvalue weighted by molar-refractivity contribution is 0.438. The Hall–Kier alpha value is -0.340. The van der Waals surface area contributed by atoms with Crippen molar-refractivity contribution in [2.24, 2.45) is 0 Å². The van der Waals surface area contributed by atoms with Crippen LogP contribution < -0.4 is 5.32 Å². The molecular formula is C16H26BrN. The van der Waals surface area contributed by atoms with E-state index < -0.39 is 0 Å². The van der Waals surface area contributed by atoms with Crippen molar-refractivity contribution in [2.45, 2.75) is 65.0 Å². The zero-order valence-electron chi connectivity index (χ0n) is 11.9. The Balaban J connectivity index is 2.32. The average Bonchev–Trinajstić information content (AvgIpc) is 2.34. The monoisotopic (exact) mass is 311 g/mol. The molecule has 0 spiro atoms. The Labute approximate surface area is 120 Å². The molecule has 1 unspecified atom stereocenters. The van der Waals surface area contributed by atoms with Gasteiger partial charge in [0.2, 0.25) is 0 Å². The van der Waals surface area contributed by atoms with Crippen molar-refractivity contribution in [1.29, 1.82) is 0 Å². The Morgan fingerprint density at radius 2 is 1.94 bits per heavy atom. The van der Waals surface area contributed by atoms with Crippen LogP contribution in [0.15, 0.2) is 28.7 Å². The molecule has 0 aliphatic rings. The summed E-state index contributed by atoms with van der Waals surface area (Å²) >= 11 is 3.53. The highest BCUT2D eigenvalue weighted by molar-refractivity contribution is 9.10. The molecule has 1 N–H and O–H groups in total. The minimum absolute atomic E-state index is 0.420. The number of hydrogen-bond donors (Lipinski definition) is 1. The predicted octanol–water partition coefficient (Wildman–Crippen LogP) is 5.46. The van der Waals surface area contributed by atoms with Crippen LogP contribution in [0.1, 0.15) is 64.5 Å². The Morgan fingerprint density at radius 1 is 1.17 bits per heavy atom. The van der Waals surface area contributed by atoms with E-state index in [9.17, 15) is 0 Å². The lowest BCUT2D eigenvalue weighted by atomic mass is 10.0. The first-order valence-corrected chi connectivity index (χ1v) is 7.94. The summed E-state index contributed by atoms with van der Waals surface area (Å²) in [7, 11) is 0. The zero-order chi connectivity index (χ0) is 13.4. The largest absolute Gasteiger partial charge is 0.308 e. The molecule has 102 valence electrons. The van der Waals surface area contributed by atoms with Gasteiger partial charge in [-0.3, -0.25) is 0 Å². The van der Waals surface area contributed by atoms with E-state index in [1.54, 1.807) is 0 Å². The third kappa shape index (κ3) is 6.01. The normalized spacial score (nSPS) is 14.4. The topological polar surface area (TPSA) is 12.0 Å². The maximum Gasteiger partial charge on any atom is 0.0294 e. The summed E-state index contributed by atoms with van der Waals surface area (Å²) in [5.74, 6) is 0. The highest BCUT2D eigenvalue weighted by Crippen LogP contribution is 2.19. The third-order valence-electron chi connectivity index (χ3n) is 3.37. The second kappa shape index (κ2) is 8.71. The second-order valence-electron chi connectivity index (χ2n) is 5.19. The first-order valence-electron chi connectivity index (χ1n) is 7.15. The third-order valence-corrected chi connectivity index (χ3v) is 3.87. The van der Waals surface area contributed by atoms with Gasteiger partial charge in [-0.15, -0.1) is 0 Å². The van der Waals surface area contributed by atoms with Crippen LogP contribution in [0.2, 0.25) is 0 Å². The molecule has 2 atom stereocenters. The van der Waals surface area contributed by atoms with Gasteiger partial charge in [-0.2, -0.15) is 0 Å². The quantitative estimate of drug-likeness (QED) is 0.629. The van der Waals surface area contributed by atoms with Gasteiger partial charge in [-0.1, -0.05) is 60.7 Å². The van der Waals surface area contributed by atoms with Crippen molar-refractivity contribution in [1.82, 2.24) is 5.32 Å². The van der Waals surface area contributed by atoms with E-state index in [1.807, 2.05) is 0 Å².